The second kappa shape index (κ2) is 5.31. The molecule has 0 heterocycles. The van der Waals surface area contributed by atoms with Crippen LogP contribution in [0.4, 0.5) is 5.69 Å². The van der Waals surface area contributed by atoms with Gasteiger partial charge in [0, 0.05) is 16.2 Å². The minimum atomic E-state index is -3.54. The molecule has 0 bridgehead atoms. The van der Waals surface area contributed by atoms with Gasteiger partial charge in [0.25, 0.3) is 0 Å². The van der Waals surface area contributed by atoms with Gasteiger partial charge in [0.05, 0.1) is 4.90 Å². The van der Waals surface area contributed by atoms with Crippen molar-refractivity contribution in [3.05, 3.63) is 22.2 Å². The molecule has 1 aromatic carbocycles. The van der Waals surface area contributed by atoms with E-state index in [2.05, 4.69) is 34.5 Å². The van der Waals surface area contributed by atoms with Crippen molar-refractivity contribution in [1.82, 2.24) is 4.72 Å². The molecule has 1 fully saturated rings. The first-order valence-corrected chi connectivity index (χ1v) is 8.99. The molecule has 1 unspecified atom stereocenters. The number of nitrogens with one attached hydrogen (secondary N) is 1. The number of hydrogen-bond acceptors (Lipinski definition) is 3. The Morgan fingerprint density at radius 2 is 2.05 bits per heavy atom. The van der Waals surface area contributed by atoms with Gasteiger partial charge in [-0.25, -0.2) is 13.1 Å². The molecule has 1 saturated carbocycles. The fourth-order valence-electron chi connectivity index (χ4n) is 2.75. The topological polar surface area (TPSA) is 72.2 Å². The summed E-state index contributed by atoms with van der Waals surface area (Å²) in [5, 5.41) is 0. The molecule has 1 aliphatic rings. The lowest BCUT2D eigenvalue weighted by molar-refractivity contribution is 0.313. The average Bonchev–Trinajstić information content (AvgIpc) is 2.62. The molecule has 4 nitrogen and oxygen atoms in total. The van der Waals surface area contributed by atoms with Crippen LogP contribution in [0.15, 0.2) is 21.5 Å². The second-order valence-electron chi connectivity index (χ2n) is 6.19. The highest BCUT2D eigenvalue weighted by atomic mass is 79.9. The molecule has 2 rings (SSSR count). The maximum absolute atomic E-state index is 12.6. The van der Waals surface area contributed by atoms with Gasteiger partial charge < -0.3 is 5.73 Å². The van der Waals surface area contributed by atoms with E-state index in [0.29, 0.717) is 11.3 Å². The molecule has 1 atom stereocenters. The minimum absolute atomic E-state index is 0.00187. The van der Waals surface area contributed by atoms with Crippen molar-refractivity contribution in [2.75, 3.05) is 5.73 Å². The Kier molecular flexibility index (Phi) is 4.19. The third-order valence-electron chi connectivity index (χ3n) is 4.14. The Hall–Kier alpha value is -0.590. The summed E-state index contributed by atoms with van der Waals surface area (Å²) < 4.78 is 28.7. The molecule has 112 valence electrons. The van der Waals surface area contributed by atoms with E-state index in [-0.39, 0.29) is 16.4 Å². The molecule has 20 heavy (non-hydrogen) atoms. The molecule has 1 aliphatic carbocycles. The molecule has 0 aromatic heterocycles. The number of anilines is 1. The lowest BCUT2D eigenvalue weighted by Crippen LogP contribution is -2.41. The van der Waals surface area contributed by atoms with Gasteiger partial charge in [-0.1, -0.05) is 20.3 Å². The molecule has 3 N–H and O–H groups in total. The van der Waals surface area contributed by atoms with Crippen molar-refractivity contribution in [2.24, 2.45) is 5.41 Å². The molecule has 0 saturated heterocycles. The van der Waals surface area contributed by atoms with Crippen LogP contribution in [0, 0.1) is 12.3 Å². The Morgan fingerprint density at radius 1 is 1.40 bits per heavy atom. The highest BCUT2D eigenvalue weighted by molar-refractivity contribution is 9.10. The lowest BCUT2D eigenvalue weighted by Gasteiger charge is -2.27. The van der Waals surface area contributed by atoms with Crippen LogP contribution in [0.5, 0.6) is 0 Å². The van der Waals surface area contributed by atoms with Crippen LogP contribution in [0.25, 0.3) is 0 Å². The van der Waals surface area contributed by atoms with E-state index >= 15 is 0 Å². The van der Waals surface area contributed by atoms with Crippen molar-refractivity contribution in [3.8, 4) is 0 Å². The van der Waals surface area contributed by atoms with E-state index in [0.717, 1.165) is 23.7 Å². The van der Waals surface area contributed by atoms with Gasteiger partial charge in [-0.3, -0.25) is 0 Å². The van der Waals surface area contributed by atoms with Crippen molar-refractivity contribution >= 4 is 31.6 Å². The Morgan fingerprint density at radius 3 is 2.60 bits per heavy atom. The molecule has 0 spiro atoms. The SMILES string of the molecule is Cc1cc(Br)c(N)cc1S(=O)(=O)NC1CCCC1(C)C. The van der Waals surface area contributed by atoms with Gasteiger partial charge >= 0.3 is 0 Å². The predicted octanol–water partition coefficient (Wildman–Crippen LogP) is 3.20. The number of aryl methyl sites for hydroxylation is 1. The van der Waals surface area contributed by atoms with Crippen molar-refractivity contribution in [1.29, 1.82) is 0 Å². The van der Waals surface area contributed by atoms with Crippen LogP contribution in [-0.4, -0.2) is 14.5 Å². The van der Waals surface area contributed by atoms with E-state index in [1.54, 1.807) is 13.0 Å². The van der Waals surface area contributed by atoms with Crippen LogP contribution in [-0.2, 0) is 10.0 Å². The zero-order valence-electron chi connectivity index (χ0n) is 12.0. The highest BCUT2D eigenvalue weighted by Crippen LogP contribution is 2.38. The summed E-state index contributed by atoms with van der Waals surface area (Å²) >= 11 is 3.31. The standard InChI is InChI=1S/C14H21BrN2O2S/c1-9-7-10(15)11(16)8-12(9)20(18,19)17-13-5-4-6-14(13,2)3/h7-8,13,17H,4-6,16H2,1-3H3. The number of hydrogen-bond donors (Lipinski definition) is 2. The van der Waals surface area contributed by atoms with Crippen molar-refractivity contribution < 1.29 is 8.42 Å². The van der Waals surface area contributed by atoms with Crippen molar-refractivity contribution in [2.45, 2.75) is 51.0 Å². The van der Waals surface area contributed by atoms with E-state index in [1.165, 1.54) is 6.07 Å². The maximum atomic E-state index is 12.6. The third kappa shape index (κ3) is 3.02. The predicted molar refractivity (Wildman–Crippen MR) is 85.0 cm³/mol. The van der Waals surface area contributed by atoms with Crippen LogP contribution >= 0.6 is 15.9 Å². The molecule has 0 aliphatic heterocycles. The highest BCUT2D eigenvalue weighted by Gasteiger charge is 2.37. The molecule has 0 radical (unpaired) electrons. The fraction of sp³-hybridized carbons (Fsp3) is 0.571. The van der Waals surface area contributed by atoms with Crippen LogP contribution in [0.3, 0.4) is 0 Å². The number of nitrogen functional groups attached to an aromatic ring is 1. The first-order chi connectivity index (χ1) is 9.13. The number of rotatable bonds is 3. The van der Waals surface area contributed by atoms with Crippen LogP contribution in [0.2, 0.25) is 0 Å². The monoisotopic (exact) mass is 360 g/mol. The fourth-order valence-corrected chi connectivity index (χ4v) is 4.92. The summed E-state index contributed by atoms with van der Waals surface area (Å²) in [5.74, 6) is 0. The Balaban J connectivity index is 2.34. The number of sulfonamides is 1. The second-order valence-corrected chi connectivity index (χ2v) is 8.73. The van der Waals surface area contributed by atoms with E-state index in [9.17, 15) is 8.42 Å². The van der Waals surface area contributed by atoms with Crippen LogP contribution in [0.1, 0.15) is 38.7 Å². The summed E-state index contributed by atoms with van der Waals surface area (Å²) in [6.07, 6.45) is 2.99. The van der Waals surface area contributed by atoms with Crippen LogP contribution < -0.4 is 10.5 Å². The summed E-state index contributed by atoms with van der Waals surface area (Å²) in [6, 6.07) is 3.24. The van der Waals surface area contributed by atoms with Gasteiger partial charge in [0.1, 0.15) is 0 Å². The molecular weight excluding hydrogens is 340 g/mol. The lowest BCUT2D eigenvalue weighted by atomic mass is 9.88. The number of halogens is 1. The summed E-state index contributed by atoms with van der Waals surface area (Å²) in [5.41, 5.74) is 6.93. The summed E-state index contributed by atoms with van der Waals surface area (Å²) in [6.45, 7) is 5.99. The molecule has 6 heteroatoms. The largest absolute Gasteiger partial charge is 0.398 e. The molecule has 1 aromatic rings. The van der Waals surface area contributed by atoms with Crippen molar-refractivity contribution in [3.63, 3.8) is 0 Å². The summed E-state index contributed by atoms with van der Waals surface area (Å²) in [7, 11) is -3.54. The first kappa shape index (κ1) is 15.8. The average molecular weight is 361 g/mol. The van der Waals surface area contributed by atoms with E-state index in [1.807, 2.05) is 0 Å². The first-order valence-electron chi connectivity index (χ1n) is 6.71. The Bertz CT molecular complexity index is 626. The zero-order chi connectivity index (χ0) is 15.1. The van der Waals surface area contributed by atoms with Gasteiger partial charge in [0.2, 0.25) is 10.0 Å². The minimum Gasteiger partial charge on any atom is -0.398 e. The zero-order valence-corrected chi connectivity index (χ0v) is 14.4. The molecule has 0 amide bonds. The third-order valence-corrected chi connectivity index (χ3v) is 6.44. The maximum Gasteiger partial charge on any atom is 0.241 e. The Labute approximate surface area is 129 Å². The number of nitrogens with two attached hydrogens (primary N) is 1. The normalized spacial score (nSPS) is 22.1. The van der Waals surface area contributed by atoms with E-state index in [4.69, 9.17) is 5.73 Å². The van der Waals surface area contributed by atoms with Gasteiger partial charge in [-0.15, -0.1) is 0 Å². The summed E-state index contributed by atoms with van der Waals surface area (Å²) in [4.78, 5) is 0.265. The van der Waals surface area contributed by atoms with Gasteiger partial charge in [0.15, 0.2) is 0 Å². The smallest absolute Gasteiger partial charge is 0.241 e. The molecular formula is C14H21BrN2O2S. The van der Waals surface area contributed by atoms with Gasteiger partial charge in [-0.05, 0) is 58.8 Å². The van der Waals surface area contributed by atoms with E-state index < -0.39 is 10.0 Å². The van der Waals surface area contributed by atoms with Gasteiger partial charge in [-0.2, -0.15) is 0 Å². The quantitative estimate of drug-likeness (QED) is 0.812. The number of benzene rings is 1.